The van der Waals surface area contributed by atoms with Gasteiger partial charge in [0.25, 0.3) is 5.56 Å². The molecule has 9 heteroatoms. The maximum atomic E-state index is 12.9. The molecule has 0 bridgehead atoms. The molecule has 1 amide bonds. The third kappa shape index (κ3) is 3.51. The van der Waals surface area contributed by atoms with Crippen molar-refractivity contribution in [2.24, 2.45) is 0 Å². The summed E-state index contributed by atoms with van der Waals surface area (Å²) in [6.45, 7) is 7.37. The molecule has 0 spiro atoms. The van der Waals surface area contributed by atoms with Crippen molar-refractivity contribution in [1.29, 1.82) is 0 Å². The quantitative estimate of drug-likeness (QED) is 0.724. The van der Waals surface area contributed by atoms with Gasteiger partial charge in [-0.2, -0.15) is 10.2 Å². The van der Waals surface area contributed by atoms with Crippen molar-refractivity contribution in [3.8, 4) is 0 Å². The molecule has 0 unspecified atom stereocenters. The van der Waals surface area contributed by atoms with Crippen molar-refractivity contribution in [2.75, 3.05) is 5.32 Å². The second-order valence-electron chi connectivity index (χ2n) is 7.61. The summed E-state index contributed by atoms with van der Waals surface area (Å²) in [5.41, 5.74) is 1.82. The Morgan fingerprint density at radius 3 is 2.61 bits per heavy atom. The number of nitrogens with zero attached hydrogens (tertiary/aromatic N) is 6. The van der Waals surface area contributed by atoms with Crippen LogP contribution in [0.2, 0.25) is 0 Å². The van der Waals surface area contributed by atoms with Crippen molar-refractivity contribution in [1.82, 2.24) is 29.4 Å². The van der Waals surface area contributed by atoms with E-state index in [1.165, 1.54) is 4.68 Å². The second-order valence-corrected chi connectivity index (χ2v) is 7.61. The lowest BCUT2D eigenvalue weighted by molar-refractivity contribution is -0.117. The molecule has 0 aliphatic heterocycles. The van der Waals surface area contributed by atoms with Crippen LogP contribution in [0.5, 0.6) is 0 Å². The second kappa shape index (κ2) is 6.81. The highest BCUT2D eigenvalue weighted by molar-refractivity contribution is 5.89. The number of carbonyl (C=O) groups excluding carboxylic acids is 1. The van der Waals surface area contributed by atoms with Crippen molar-refractivity contribution >= 4 is 17.2 Å². The van der Waals surface area contributed by atoms with Crippen LogP contribution in [0.1, 0.15) is 61.6 Å². The minimum absolute atomic E-state index is 0.0523. The summed E-state index contributed by atoms with van der Waals surface area (Å²) < 4.78 is 2.84. The number of rotatable bonds is 5. The third-order valence-electron chi connectivity index (χ3n) is 4.66. The Bertz CT molecular complexity index is 1100. The lowest BCUT2D eigenvalue weighted by atomic mass is 10.2. The highest BCUT2D eigenvalue weighted by atomic mass is 16.2. The molecule has 4 rings (SSSR count). The number of anilines is 1. The normalized spacial score (nSPS) is 14.0. The molecule has 0 aromatic carbocycles. The third-order valence-corrected chi connectivity index (χ3v) is 4.66. The van der Waals surface area contributed by atoms with Crippen LogP contribution in [0.15, 0.2) is 16.9 Å². The minimum atomic E-state index is -0.368. The van der Waals surface area contributed by atoms with Gasteiger partial charge in [-0.15, -0.1) is 0 Å². The van der Waals surface area contributed by atoms with Crippen LogP contribution in [0, 0.1) is 13.8 Å². The number of nitrogens with one attached hydrogen (secondary N) is 1. The molecule has 0 radical (unpaired) electrons. The van der Waals surface area contributed by atoms with Gasteiger partial charge in [0.05, 0.1) is 5.69 Å². The minimum Gasteiger partial charge on any atom is -0.309 e. The van der Waals surface area contributed by atoms with Crippen molar-refractivity contribution in [3.05, 3.63) is 45.5 Å². The van der Waals surface area contributed by atoms with E-state index in [4.69, 9.17) is 0 Å². The summed E-state index contributed by atoms with van der Waals surface area (Å²) in [6.07, 6.45) is 2.20. The summed E-state index contributed by atoms with van der Waals surface area (Å²) in [5, 5.41) is 11.7. The number of aromatic nitrogens is 6. The van der Waals surface area contributed by atoms with E-state index in [0.29, 0.717) is 28.9 Å². The van der Waals surface area contributed by atoms with Crippen molar-refractivity contribution in [2.45, 2.75) is 58.9 Å². The zero-order valence-electron chi connectivity index (χ0n) is 16.4. The number of hydrogen-bond acceptors (Lipinski definition) is 6. The molecule has 3 aromatic rings. The van der Waals surface area contributed by atoms with E-state index in [1.54, 1.807) is 17.5 Å². The van der Waals surface area contributed by atoms with Gasteiger partial charge in [0.2, 0.25) is 5.91 Å². The van der Waals surface area contributed by atoms with E-state index in [9.17, 15) is 9.59 Å². The fourth-order valence-electron chi connectivity index (χ4n) is 3.22. The average molecular weight is 381 g/mol. The molecule has 1 fully saturated rings. The smallest absolute Gasteiger partial charge is 0.293 e. The molecule has 1 aliphatic carbocycles. The molecule has 3 aromatic heterocycles. The predicted molar refractivity (Wildman–Crippen MR) is 103 cm³/mol. The predicted octanol–water partition coefficient (Wildman–Crippen LogP) is 1.94. The Morgan fingerprint density at radius 1 is 1.21 bits per heavy atom. The van der Waals surface area contributed by atoms with Crippen LogP contribution in [0.25, 0.3) is 5.52 Å². The molecule has 146 valence electrons. The van der Waals surface area contributed by atoms with Gasteiger partial charge in [-0.25, -0.2) is 19.2 Å². The van der Waals surface area contributed by atoms with E-state index in [1.807, 2.05) is 26.8 Å². The average Bonchev–Trinajstić information content (AvgIpc) is 3.35. The topological polar surface area (TPSA) is 107 Å². The van der Waals surface area contributed by atoms with Gasteiger partial charge in [-0.3, -0.25) is 9.59 Å². The van der Waals surface area contributed by atoms with E-state index < -0.39 is 0 Å². The standard InChI is InChI=1S/C19H23N7O2/c1-10(2)18-24-25(9-17(27)22-16-7-11(3)20-12(4)21-16)19(28)15-8-14(13-5-6-13)23-26(15)18/h7-8,10,13H,5-6,9H2,1-4H3,(H,20,21,22,27). The Labute approximate surface area is 161 Å². The molecule has 1 aliphatic rings. The summed E-state index contributed by atoms with van der Waals surface area (Å²) >= 11 is 0. The lowest BCUT2D eigenvalue weighted by Crippen LogP contribution is -2.32. The van der Waals surface area contributed by atoms with Gasteiger partial charge in [-0.05, 0) is 32.8 Å². The van der Waals surface area contributed by atoms with Crippen LogP contribution in [0.4, 0.5) is 5.82 Å². The Balaban J connectivity index is 1.66. The summed E-state index contributed by atoms with van der Waals surface area (Å²) in [6, 6.07) is 3.52. The largest absolute Gasteiger partial charge is 0.309 e. The first kappa shape index (κ1) is 18.3. The number of carbonyl (C=O) groups is 1. The Hall–Kier alpha value is -3.10. The summed E-state index contributed by atoms with van der Waals surface area (Å²) in [4.78, 5) is 33.8. The van der Waals surface area contributed by atoms with Gasteiger partial charge in [0, 0.05) is 23.6 Å². The number of aryl methyl sites for hydroxylation is 2. The molecule has 1 N–H and O–H groups in total. The van der Waals surface area contributed by atoms with E-state index >= 15 is 0 Å². The molecule has 9 nitrogen and oxygen atoms in total. The van der Waals surface area contributed by atoms with Crippen molar-refractivity contribution < 1.29 is 4.79 Å². The van der Waals surface area contributed by atoms with Crippen LogP contribution in [0.3, 0.4) is 0 Å². The Kier molecular flexibility index (Phi) is 4.44. The van der Waals surface area contributed by atoms with Gasteiger partial charge in [-0.1, -0.05) is 13.8 Å². The van der Waals surface area contributed by atoms with Crippen molar-refractivity contribution in [3.63, 3.8) is 0 Å². The van der Waals surface area contributed by atoms with E-state index in [2.05, 4.69) is 25.5 Å². The molecular weight excluding hydrogens is 358 g/mol. The molecule has 28 heavy (non-hydrogen) atoms. The fraction of sp³-hybridized carbons (Fsp3) is 0.474. The van der Waals surface area contributed by atoms with E-state index in [0.717, 1.165) is 24.2 Å². The molecule has 0 atom stereocenters. The zero-order valence-corrected chi connectivity index (χ0v) is 16.4. The molecular formula is C19H23N7O2. The first-order valence-electron chi connectivity index (χ1n) is 9.44. The van der Waals surface area contributed by atoms with Crippen LogP contribution < -0.4 is 10.9 Å². The SMILES string of the molecule is Cc1cc(NC(=O)Cn2nc(C(C)C)n3nc(C4CC4)cc3c2=O)nc(C)n1. The lowest BCUT2D eigenvalue weighted by Gasteiger charge is -2.12. The maximum absolute atomic E-state index is 12.9. The van der Waals surface area contributed by atoms with Crippen LogP contribution in [-0.4, -0.2) is 35.3 Å². The molecule has 3 heterocycles. The van der Waals surface area contributed by atoms with Gasteiger partial charge >= 0.3 is 0 Å². The molecule has 0 saturated heterocycles. The first-order valence-corrected chi connectivity index (χ1v) is 9.44. The monoisotopic (exact) mass is 381 g/mol. The van der Waals surface area contributed by atoms with Gasteiger partial charge in [0.15, 0.2) is 5.82 Å². The number of amides is 1. The summed E-state index contributed by atoms with van der Waals surface area (Å²) in [7, 11) is 0. The Morgan fingerprint density at radius 2 is 1.96 bits per heavy atom. The van der Waals surface area contributed by atoms with Crippen LogP contribution >= 0.6 is 0 Å². The number of hydrogen-bond donors (Lipinski definition) is 1. The van der Waals surface area contributed by atoms with Gasteiger partial charge < -0.3 is 5.32 Å². The van der Waals surface area contributed by atoms with Gasteiger partial charge in [0.1, 0.15) is 23.7 Å². The highest BCUT2D eigenvalue weighted by Gasteiger charge is 2.28. The highest BCUT2D eigenvalue weighted by Crippen LogP contribution is 2.39. The van der Waals surface area contributed by atoms with Crippen LogP contribution in [-0.2, 0) is 11.3 Å². The number of fused-ring (bicyclic) bond motifs is 1. The van der Waals surface area contributed by atoms with E-state index in [-0.39, 0.29) is 23.9 Å². The fourth-order valence-corrected chi connectivity index (χ4v) is 3.22. The summed E-state index contributed by atoms with van der Waals surface area (Å²) in [5.74, 6) is 1.75. The molecule has 1 saturated carbocycles. The first-order chi connectivity index (χ1) is 13.3. The zero-order chi connectivity index (χ0) is 20.0. The maximum Gasteiger partial charge on any atom is 0.293 e.